The molecule has 0 amide bonds. The maximum absolute atomic E-state index is 11.6. The van der Waals surface area contributed by atoms with E-state index in [1.807, 2.05) is 6.92 Å². The summed E-state index contributed by atoms with van der Waals surface area (Å²) in [4.78, 5) is 32.6. The topological polar surface area (TPSA) is 128 Å². The molecule has 0 spiro atoms. The van der Waals surface area contributed by atoms with Crippen LogP contribution >= 0.6 is 11.8 Å². The van der Waals surface area contributed by atoms with Crippen molar-refractivity contribution in [1.82, 2.24) is 15.0 Å². The van der Waals surface area contributed by atoms with E-state index in [1.165, 1.54) is 18.2 Å². The summed E-state index contributed by atoms with van der Waals surface area (Å²) in [5.41, 5.74) is 5.78. The Morgan fingerprint density at radius 2 is 2.14 bits per heavy atom. The van der Waals surface area contributed by atoms with Crippen LogP contribution in [0.15, 0.2) is 33.2 Å². The van der Waals surface area contributed by atoms with Crippen molar-refractivity contribution in [2.45, 2.75) is 29.9 Å². The van der Waals surface area contributed by atoms with Gasteiger partial charge in [-0.25, -0.2) is 9.97 Å². The molecule has 0 saturated carbocycles. The Morgan fingerprint density at radius 3 is 2.81 bits per heavy atom. The molecule has 8 nitrogen and oxygen atoms in total. The van der Waals surface area contributed by atoms with Gasteiger partial charge < -0.3 is 10.7 Å². The van der Waals surface area contributed by atoms with Gasteiger partial charge in [0.1, 0.15) is 10.8 Å². The number of nitrogens with one attached hydrogen (secondary N) is 1. The molecule has 0 unspecified atom stereocenters. The number of hydrogen-bond donors (Lipinski definition) is 2. The quantitative estimate of drug-likeness (QED) is 0.489. The lowest BCUT2D eigenvalue weighted by Crippen LogP contribution is -2.10. The Hall–Kier alpha value is -2.42. The zero-order valence-electron chi connectivity index (χ0n) is 11.2. The minimum atomic E-state index is -0.550. The molecule has 0 fully saturated rings. The Morgan fingerprint density at radius 1 is 1.38 bits per heavy atom. The van der Waals surface area contributed by atoms with Crippen molar-refractivity contribution in [1.29, 1.82) is 0 Å². The average Bonchev–Trinajstić information content (AvgIpc) is 2.37. The number of nitrogens with two attached hydrogens (primary N) is 1. The summed E-state index contributed by atoms with van der Waals surface area (Å²) >= 11 is 1.03. The normalized spacial score (nSPS) is 10.5. The molecule has 0 radical (unpaired) electrons. The zero-order chi connectivity index (χ0) is 15.4. The first-order valence-corrected chi connectivity index (χ1v) is 6.99. The third-order valence-electron chi connectivity index (χ3n) is 2.50. The van der Waals surface area contributed by atoms with Crippen LogP contribution < -0.4 is 11.3 Å². The Bertz CT molecular complexity index is 731. The first kappa shape index (κ1) is 15.0. The molecule has 0 saturated heterocycles. The number of hydrogen-bond acceptors (Lipinski definition) is 7. The van der Waals surface area contributed by atoms with Gasteiger partial charge in [0.2, 0.25) is 0 Å². The number of rotatable bonds is 5. The van der Waals surface area contributed by atoms with Crippen molar-refractivity contribution in [2.75, 3.05) is 5.73 Å². The second-order valence-electron chi connectivity index (χ2n) is 4.24. The van der Waals surface area contributed by atoms with Crippen molar-refractivity contribution in [3.8, 4) is 0 Å². The van der Waals surface area contributed by atoms with Gasteiger partial charge in [-0.2, -0.15) is 0 Å². The van der Waals surface area contributed by atoms with E-state index in [9.17, 15) is 14.9 Å². The van der Waals surface area contributed by atoms with Gasteiger partial charge in [0, 0.05) is 17.8 Å². The van der Waals surface area contributed by atoms with Crippen molar-refractivity contribution in [2.24, 2.45) is 0 Å². The first-order valence-electron chi connectivity index (χ1n) is 6.18. The Kier molecular flexibility index (Phi) is 4.53. The fraction of sp³-hybridized carbons (Fsp3) is 0.250. The lowest BCUT2D eigenvalue weighted by atomic mass is 10.2. The highest BCUT2D eigenvalue weighted by Gasteiger charge is 2.12. The summed E-state index contributed by atoms with van der Waals surface area (Å²) < 4.78 is 0. The molecule has 3 N–H and O–H groups in total. The van der Waals surface area contributed by atoms with Gasteiger partial charge in [0.25, 0.3) is 11.2 Å². The summed E-state index contributed by atoms with van der Waals surface area (Å²) in [6.45, 7) is 1.98. The van der Waals surface area contributed by atoms with E-state index in [0.29, 0.717) is 22.3 Å². The SMILES string of the molecule is CCCc1cc(=O)[nH]c(Sc2cc([N+](=O)[O-])cc(N)n2)n1. The van der Waals surface area contributed by atoms with Crippen LogP contribution in [0.4, 0.5) is 11.5 Å². The lowest BCUT2D eigenvalue weighted by molar-refractivity contribution is -0.385. The molecule has 0 aliphatic heterocycles. The molecule has 0 atom stereocenters. The van der Waals surface area contributed by atoms with Crippen LogP contribution in [0.25, 0.3) is 0 Å². The minimum absolute atomic E-state index is 0.0405. The number of nitrogen functional groups attached to an aromatic ring is 1. The van der Waals surface area contributed by atoms with Crippen LogP contribution in [-0.4, -0.2) is 19.9 Å². The number of aryl methyl sites for hydroxylation is 1. The van der Waals surface area contributed by atoms with Crippen molar-refractivity contribution >= 4 is 23.3 Å². The summed E-state index contributed by atoms with van der Waals surface area (Å²) in [6, 6.07) is 3.89. The van der Waals surface area contributed by atoms with E-state index in [1.54, 1.807) is 0 Å². The third kappa shape index (κ3) is 4.02. The predicted molar refractivity (Wildman–Crippen MR) is 78.3 cm³/mol. The molecule has 2 heterocycles. The number of H-pyrrole nitrogens is 1. The second-order valence-corrected chi connectivity index (χ2v) is 5.25. The average molecular weight is 307 g/mol. The van der Waals surface area contributed by atoms with Crippen molar-refractivity contribution in [3.63, 3.8) is 0 Å². The Labute approximate surface area is 124 Å². The second kappa shape index (κ2) is 6.35. The maximum Gasteiger partial charge on any atom is 0.275 e. The van der Waals surface area contributed by atoms with E-state index in [0.717, 1.165) is 18.2 Å². The molecule has 0 bridgehead atoms. The molecule has 2 rings (SSSR count). The smallest absolute Gasteiger partial charge is 0.275 e. The molecular weight excluding hydrogens is 294 g/mol. The van der Waals surface area contributed by atoms with E-state index >= 15 is 0 Å². The number of aromatic nitrogens is 3. The van der Waals surface area contributed by atoms with Crippen LogP contribution in [0.5, 0.6) is 0 Å². The van der Waals surface area contributed by atoms with Crippen LogP contribution in [0.2, 0.25) is 0 Å². The highest BCUT2D eigenvalue weighted by molar-refractivity contribution is 7.99. The van der Waals surface area contributed by atoms with Crippen LogP contribution in [-0.2, 0) is 6.42 Å². The number of pyridine rings is 1. The number of nitrogens with zero attached hydrogens (tertiary/aromatic N) is 3. The molecule has 9 heteroatoms. The van der Waals surface area contributed by atoms with Crippen LogP contribution in [0.3, 0.4) is 0 Å². The summed E-state index contributed by atoms with van der Waals surface area (Å²) in [7, 11) is 0. The van der Waals surface area contributed by atoms with Gasteiger partial charge >= 0.3 is 0 Å². The number of aromatic amines is 1. The molecule has 2 aromatic rings. The predicted octanol–water partition coefficient (Wildman–Crippen LogP) is 1.76. The van der Waals surface area contributed by atoms with E-state index in [-0.39, 0.29) is 17.1 Å². The first-order chi connectivity index (χ1) is 9.97. The molecule has 2 aromatic heterocycles. The summed E-state index contributed by atoms with van der Waals surface area (Å²) in [5.74, 6) is 0.0405. The molecule has 110 valence electrons. The molecule has 21 heavy (non-hydrogen) atoms. The highest BCUT2D eigenvalue weighted by atomic mass is 32.2. The standard InChI is InChI=1S/C12H13N5O3S/c1-2-3-7-4-10(18)16-12(14-7)21-11-6-8(17(19)20)5-9(13)15-11/h4-6H,2-3H2,1H3,(H2,13,15)(H,14,16,18). The van der Waals surface area contributed by atoms with Gasteiger partial charge in [0.05, 0.1) is 11.0 Å². The van der Waals surface area contributed by atoms with Crippen molar-refractivity contribution < 1.29 is 4.92 Å². The fourth-order valence-corrected chi connectivity index (χ4v) is 2.53. The number of nitro groups is 1. The highest BCUT2D eigenvalue weighted by Crippen LogP contribution is 2.27. The van der Waals surface area contributed by atoms with Gasteiger partial charge in [0.15, 0.2) is 5.16 Å². The molecular formula is C12H13N5O3S. The van der Waals surface area contributed by atoms with E-state index < -0.39 is 4.92 Å². The largest absolute Gasteiger partial charge is 0.383 e. The fourth-order valence-electron chi connectivity index (χ4n) is 1.68. The minimum Gasteiger partial charge on any atom is -0.383 e. The van der Waals surface area contributed by atoms with Crippen LogP contribution in [0.1, 0.15) is 19.0 Å². The van der Waals surface area contributed by atoms with Gasteiger partial charge in [-0.1, -0.05) is 13.3 Å². The van der Waals surface area contributed by atoms with E-state index in [4.69, 9.17) is 5.73 Å². The zero-order valence-corrected chi connectivity index (χ0v) is 12.0. The monoisotopic (exact) mass is 307 g/mol. The van der Waals surface area contributed by atoms with Gasteiger partial charge in [-0.05, 0) is 18.2 Å². The maximum atomic E-state index is 11.6. The van der Waals surface area contributed by atoms with Crippen molar-refractivity contribution in [3.05, 3.63) is 44.4 Å². The molecule has 0 aliphatic carbocycles. The molecule has 0 aliphatic rings. The Balaban J connectivity index is 2.33. The van der Waals surface area contributed by atoms with E-state index in [2.05, 4.69) is 15.0 Å². The summed E-state index contributed by atoms with van der Waals surface area (Å²) in [5, 5.41) is 11.4. The van der Waals surface area contributed by atoms with Gasteiger partial charge in [-0.15, -0.1) is 0 Å². The summed E-state index contributed by atoms with van der Waals surface area (Å²) in [6.07, 6.45) is 1.55. The van der Waals surface area contributed by atoms with Gasteiger partial charge in [-0.3, -0.25) is 14.9 Å². The lowest BCUT2D eigenvalue weighted by Gasteiger charge is -2.03. The third-order valence-corrected chi connectivity index (χ3v) is 3.30. The van der Waals surface area contributed by atoms with Crippen LogP contribution in [0, 0.1) is 10.1 Å². The number of anilines is 1. The molecule has 0 aromatic carbocycles.